The Bertz CT molecular complexity index is 624. The fraction of sp³-hybridized carbons (Fsp3) is 0.467. The summed E-state index contributed by atoms with van der Waals surface area (Å²) in [5.41, 5.74) is 0.617. The zero-order valence-corrected chi connectivity index (χ0v) is 11.2. The van der Waals surface area contributed by atoms with Crippen molar-refractivity contribution in [1.29, 1.82) is 0 Å². The molecule has 1 fully saturated rings. The minimum atomic E-state index is -0.435. The van der Waals surface area contributed by atoms with Crippen LogP contribution in [0.2, 0.25) is 0 Å². The summed E-state index contributed by atoms with van der Waals surface area (Å²) in [5.74, 6) is 0.00561. The molecule has 3 rings (SSSR count). The molecule has 20 heavy (non-hydrogen) atoms. The Balaban J connectivity index is 1.79. The molecule has 0 unspecified atom stereocenters. The molecule has 0 atom stereocenters. The molecule has 1 aromatic carbocycles. The Morgan fingerprint density at radius 3 is 2.60 bits per heavy atom. The lowest BCUT2D eigenvalue weighted by molar-refractivity contribution is 0.299. The van der Waals surface area contributed by atoms with E-state index < -0.39 is 5.76 Å². The van der Waals surface area contributed by atoms with Gasteiger partial charge in [0, 0.05) is 5.56 Å². The Morgan fingerprint density at radius 2 is 1.90 bits per heavy atom. The number of nitrogens with zero attached hydrogens (tertiary/aromatic N) is 2. The first-order chi connectivity index (χ1) is 9.72. The third-order valence-electron chi connectivity index (χ3n) is 3.85. The van der Waals surface area contributed by atoms with Crippen molar-refractivity contribution in [2.45, 2.75) is 38.6 Å². The average molecular weight is 276 g/mol. The summed E-state index contributed by atoms with van der Waals surface area (Å²) in [5, 5.41) is 4.22. The van der Waals surface area contributed by atoms with Crippen LogP contribution in [0.25, 0.3) is 11.5 Å². The van der Waals surface area contributed by atoms with E-state index in [4.69, 9.17) is 4.42 Å². The van der Waals surface area contributed by atoms with Crippen molar-refractivity contribution in [3.05, 3.63) is 40.6 Å². The van der Waals surface area contributed by atoms with Gasteiger partial charge in [0.15, 0.2) is 0 Å². The standard InChI is InChI=1S/C15H17FN2O2/c16-13-8-6-12(7-9-13)14-17-18(15(19)20-14)10-11-4-2-1-3-5-11/h6-9,11H,1-5,10H2. The molecular weight excluding hydrogens is 259 g/mol. The van der Waals surface area contributed by atoms with E-state index in [1.165, 1.54) is 36.1 Å². The summed E-state index contributed by atoms with van der Waals surface area (Å²) in [6.07, 6.45) is 6.02. The van der Waals surface area contributed by atoms with Crippen molar-refractivity contribution < 1.29 is 8.81 Å². The molecule has 0 N–H and O–H groups in total. The van der Waals surface area contributed by atoms with Crippen molar-refractivity contribution in [2.24, 2.45) is 5.92 Å². The minimum Gasteiger partial charge on any atom is -0.388 e. The highest BCUT2D eigenvalue weighted by Gasteiger charge is 2.17. The van der Waals surface area contributed by atoms with Crippen molar-refractivity contribution in [1.82, 2.24) is 9.78 Å². The highest BCUT2D eigenvalue weighted by Crippen LogP contribution is 2.25. The lowest BCUT2D eigenvalue weighted by Gasteiger charge is -2.20. The van der Waals surface area contributed by atoms with Crippen LogP contribution < -0.4 is 5.76 Å². The van der Waals surface area contributed by atoms with E-state index in [1.54, 1.807) is 12.1 Å². The Hall–Kier alpha value is -1.91. The van der Waals surface area contributed by atoms with Gasteiger partial charge in [-0.3, -0.25) is 0 Å². The Morgan fingerprint density at radius 1 is 1.20 bits per heavy atom. The zero-order chi connectivity index (χ0) is 13.9. The molecule has 0 saturated heterocycles. The smallest absolute Gasteiger partial charge is 0.388 e. The molecule has 5 heteroatoms. The summed E-state index contributed by atoms with van der Waals surface area (Å²) < 4.78 is 19.4. The molecule has 2 aromatic rings. The first-order valence-electron chi connectivity index (χ1n) is 7.06. The van der Waals surface area contributed by atoms with E-state index >= 15 is 0 Å². The largest absolute Gasteiger partial charge is 0.437 e. The lowest BCUT2D eigenvalue weighted by Crippen LogP contribution is -2.22. The van der Waals surface area contributed by atoms with Crippen LogP contribution in [-0.2, 0) is 6.54 Å². The van der Waals surface area contributed by atoms with Crippen LogP contribution in [0.5, 0.6) is 0 Å². The van der Waals surface area contributed by atoms with Gasteiger partial charge in [0.1, 0.15) is 5.82 Å². The molecule has 0 aliphatic heterocycles. The highest BCUT2D eigenvalue weighted by atomic mass is 19.1. The molecule has 1 aromatic heterocycles. The number of hydrogen-bond donors (Lipinski definition) is 0. The predicted molar refractivity (Wildman–Crippen MR) is 72.7 cm³/mol. The highest BCUT2D eigenvalue weighted by molar-refractivity contribution is 5.51. The van der Waals surface area contributed by atoms with Crippen LogP contribution in [0.4, 0.5) is 4.39 Å². The number of benzene rings is 1. The summed E-state index contributed by atoms with van der Waals surface area (Å²) in [4.78, 5) is 11.8. The fourth-order valence-electron chi connectivity index (χ4n) is 2.75. The summed E-state index contributed by atoms with van der Waals surface area (Å²) in [6, 6.07) is 5.78. The zero-order valence-electron chi connectivity index (χ0n) is 11.2. The normalized spacial score (nSPS) is 16.4. The van der Waals surface area contributed by atoms with Gasteiger partial charge in [-0.2, -0.15) is 4.68 Å². The molecule has 0 radical (unpaired) electrons. The number of hydrogen-bond acceptors (Lipinski definition) is 3. The maximum atomic E-state index is 12.9. The molecule has 0 amide bonds. The van der Waals surface area contributed by atoms with E-state index in [0.717, 1.165) is 12.8 Å². The van der Waals surface area contributed by atoms with Gasteiger partial charge >= 0.3 is 5.76 Å². The van der Waals surface area contributed by atoms with E-state index in [-0.39, 0.29) is 11.7 Å². The second-order valence-electron chi connectivity index (χ2n) is 5.37. The topological polar surface area (TPSA) is 48.0 Å². The van der Waals surface area contributed by atoms with Crippen LogP contribution in [0.15, 0.2) is 33.5 Å². The first-order valence-corrected chi connectivity index (χ1v) is 7.06. The lowest BCUT2D eigenvalue weighted by atomic mass is 9.89. The van der Waals surface area contributed by atoms with Gasteiger partial charge in [0.25, 0.3) is 0 Å². The van der Waals surface area contributed by atoms with Crippen molar-refractivity contribution in [2.75, 3.05) is 0 Å². The van der Waals surface area contributed by atoms with E-state index in [9.17, 15) is 9.18 Å². The second-order valence-corrected chi connectivity index (χ2v) is 5.37. The van der Waals surface area contributed by atoms with Crippen molar-refractivity contribution in [3.8, 4) is 11.5 Å². The Kier molecular flexibility index (Phi) is 3.67. The molecule has 106 valence electrons. The van der Waals surface area contributed by atoms with Crippen LogP contribution in [0.1, 0.15) is 32.1 Å². The maximum Gasteiger partial charge on any atom is 0.437 e. The Labute approximate surface area is 116 Å². The van der Waals surface area contributed by atoms with Gasteiger partial charge in [0.2, 0.25) is 5.89 Å². The van der Waals surface area contributed by atoms with Crippen LogP contribution in [0, 0.1) is 11.7 Å². The van der Waals surface area contributed by atoms with Gasteiger partial charge in [-0.15, -0.1) is 5.10 Å². The maximum absolute atomic E-state index is 12.9. The number of halogens is 1. The fourth-order valence-corrected chi connectivity index (χ4v) is 2.75. The first kappa shape index (κ1) is 13.1. The monoisotopic (exact) mass is 276 g/mol. The third kappa shape index (κ3) is 2.81. The number of rotatable bonds is 3. The van der Waals surface area contributed by atoms with Gasteiger partial charge in [0.05, 0.1) is 6.54 Å². The number of aromatic nitrogens is 2. The van der Waals surface area contributed by atoms with Gasteiger partial charge < -0.3 is 4.42 Å². The molecule has 1 aliphatic rings. The van der Waals surface area contributed by atoms with Crippen molar-refractivity contribution >= 4 is 0 Å². The van der Waals surface area contributed by atoms with Crippen molar-refractivity contribution in [3.63, 3.8) is 0 Å². The van der Waals surface area contributed by atoms with E-state index in [2.05, 4.69) is 5.10 Å². The molecule has 0 spiro atoms. The molecule has 1 heterocycles. The summed E-state index contributed by atoms with van der Waals surface area (Å²) in [7, 11) is 0. The minimum absolute atomic E-state index is 0.255. The van der Waals surface area contributed by atoms with Crippen LogP contribution in [-0.4, -0.2) is 9.78 Å². The molecule has 1 aliphatic carbocycles. The molecule has 1 saturated carbocycles. The van der Waals surface area contributed by atoms with Crippen LogP contribution in [0.3, 0.4) is 0 Å². The molecule has 4 nitrogen and oxygen atoms in total. The molecular formula is C15H17FN2O2. The van der Waals surface area contributed by atoms with E-state index in [1.807, 2.05) is 0 Å². The van der Waals surface area contributed by atoms with Gasteiger partial charge in [-0.1, -0.05) is 19.3 Å². The van der Waals surface area contributed by atoms with Gasteiger partial charge in [-0.25, -0.2) is 9.18 Å². The average Bonchev–Trinajstić information content (AvgIpc) is 2.82. The quantitative estimate of drug-likeness (QED) is 0.864. The van der Waals surface area contributed by atoms with E-state index in [0.29, 0.717) is 18.0 Å². The van der Waals surface area contributed by atoms with Gasteiger partial charge in [-0.05, 0) is 43.0 Å². The SMILES string of the molecule is O=c1oc(-c2ccc(F)cc2)nn1CC1CCCCC1. The summed E-state index contributed by atoms with van der Waals surface area (Å²) in [6.45, 7) is 0.615. The second kappa shape index (κ2) is 5.61. The summed E-state index contributed by atoms with van der Waals surface area (Å²) >= 11 is 0. The van der Waals surface area contributed by atoms with Crippen LogP contribution >= 0.6 is 0 Å². The molecule has 0 bridgehead atoms. The third-order valence-corrected chi connectivity index (χ3v) is 3.85. The predicted octanol–water partition coefficient (Wildman–Crippen LogP) is 3.22.